The van der Waals surface area contributed by atoms with Gasteiger partial charge < -0.3 is 25.8 Å². The summed E-state index contributed by atoms with van der Waals surface area (Å²) >= 11 is 0. The highest BCUT2D eigenvalue weighted by molar-refractivity contribution is 5.82. The lowest BCUT2D eigenvalue weighted by atomic mass is 9.96. The highest BCUT2D eigenvalue weighted by Crippen LogP contribution is 2.18. The molecule has 2 heterocycles. The van der Waals surface area contributed by atoms with E-state index in [1.165, 1.54) is 0 Å². The topological polar surface area (TPSA) is 114 Å². The zero-order valence-electron chi connectivity index (χ0n) is 19.4. The Morgan fingerprint density at radius 1 is 1.12 bits per heavy atom. The highest BCUT2D eigenvalue weighted by atomic mass is 16.2. The van der Waals surface area contributed by atoms with Crippen molar-refractivity contribution in [1.29, 1.82) is 0 Å². The monoisotopic (exact) mass is 458 g/mol. The molecule has 2 saturated heterocycles. The number of carbonyl (C=O) groups excluding carboxylic acids is 4. The van der Waals surface area contributed by atoms with Crippen LogP contribution in [0.5, 0.6) is 0 Å². The van der Waals surface area contributed by atoms with Gasteiger partial charge in [0.2, 0.25) is 17.7 Å². The molecule has 0 unspecified atom stereocenters. The molecule has 5 amide bonds. The second-order valence-corrected chi connectivity index (χ2v) is 8.61. The van der Waals surface area contributed by atoms with Gasteiger partial charge in [-0.05, 0) is 24.0 Å². The van der Waals surface area contributed by atoms with Crippen LogP contribution >= 0.6 is 0 Å². The van der Waals surface area contributed by atoms with Gasteiger partial charge in [0.15, 0.2) is 0 Å². The van der Waals surface area contributed by atoms with Crippen LogP contribution in [0.3, 0.4) is 0 Å². The molecule has 0 bridgehead atoms. The van der Waals surface area contributed by atoms with Crippen molar-refractivity contribution in [2.45, 2.75) is 25.9 Å². The lowest BCUT2D eigenvalue weighted by Gasteiger charge is -2.31. The van der Waals surface area contributed by atoms with Crippen molar-refractivity contribution in [3.05, 3.63) is 35.4 Å². The summed E-state index contributed by atoms with van der Waals surface area (Å²) in [6, 6.07) is 7.65. The SMILES string of the molecule is CNC(=O)N1CCC(C(=O)NCc2ccccc2CN(C)C(=O)CN2CCNC(=O)C2)CC1. The van der Waals surface area contributed by atoms with Gasteiger partial charge in [-0.2, -0.15) is 0 Å². The third-order valence-electron chi connectivity index (χ3n) is 6.25. The Hall–Kier alpha value is -3.14. The van der Waals surface area contributed by atoms with Crippen molar-refractivity contribution >= 4 is 23.8 Å². The van der Waals surface area contributed by atoms with Crippen LogP contribution in [-0.2, 0) is 27.5 Å². The standard InChI is InChI=1S/C23H34N6O4/c1-24-23(33)29-10-7-17(8-11-29)22(32)26-13-18-5-3-4-6-19(18)14-27(2)21(31)16-28-12-9-25-20(30)15-28/h3-6,17H,7-16H2,1-2H3,(H,24,33)(H,25,30)(H,26,32). The van der Waals surface area contributed by atoms with Crippen LogP contribution in [0.2, 0.25) is 0 Å². The second kappa shape index (κ2) is 11.6. The molecular formula is C23H34N6O4. The van der Waals surface area contributed by atoms with E-state index in [0.717, 1.165) is 11.1 Å². The summed E-state index contributed by atoms with van der Waals surface area (Å²) in [4.78, 5) is 53.8. The van der Waals surface area contributed by atoms with Crippen molar-refractivity contribution in [1.82, 2.24) is 30.7 Å². The number of nitrogens with one attached hydrogen (secondary N) is 3. The Bertz CT molecular complexity index is 868. The molecule has 1 aromatic carbocycles. The molecule has 3 N–H and O–H groups in total. The summed E-state index contributed by atoms with van der Waals surface area (Å²) in [5.74, 6) is -0.221. The van der Waals surface area contributed by atoms with Gasteiger partial charge in [-0.3, -0.25) is 19.3 Å². The molecule has 0 radical (unpaired) electrons. The molecule has 33 heavy (non-hydrogen) atoms. The number of piperidine rings is 1. The number of carbonyl (C=O) groups is 4. The minimum Gasteiger partial charge on any atom is -0.354 e. The predicted molar refractivity (Wildman–Crippen MR) is 123 cm³/mol. The molecule has 0 aliphatic carbocycles. The van der Waals surface area contributed by atoms with E-state index >= 15 is 0 Å². The fourth-order valence-corrected chi connectivity index (χ4v) is 4.20. The van der Waals surface area contributed by atoms with Crippen molar-refractivity contribution in [3.63, 3.8) is 0 Å². The summed E-state index contributed by atoms with van der Waals surface area (Å²) in [6.07, 6.45) is 1.29. The van der Waals surface area contributed by atoms with Gasteiger partial charge in [-0.15, -0.1) is 0 Å². The van der Waals surface area contributed by atoms with Gasteiger partial charge in [0, 0.05) is 59.3 Å². The van der Waals surface area contributed by atoms with Crippen molar-refractivity contribution in [2.75, 3.05) is 53.4 Å². The van der Waals surface area contributed by atoms with E-state index in [1.807, 2.05) is 29.2 Å². The van der Waals surface area contributed by atoms with E-state index < -0.39 is 0 Å². The summed E-state index contributed by atoms with van der Waals surface area (Å²) in [5, 5.41) is 8.40. The lowest BCUT2D eigenvalue weighted by Crippen LogP contribution is -2.50. The average molecular weight is 459 g/mol. The van der Waals surface area contributed by atoms with E-state index in [-0.39, 0.29) is 42.8 Å². The first kappa shape index (κ1) is 24.5. The lowest BCUT2D eigenvalue weighted by molar-refractivity contribution is -0.133. The Morgan fingerprint density at radius 3 is 2.48 bits per heavy atom. The van der Waals surface area contributed by atoms with Gasteiger partial charge in [-0.25, -0.2) is 4.79 Å². The fraction of sp³-hybridized carbons (Fsp3) is 0.565. The van der Waals surface area contributed by atoms with Crippen LogP contribution in [0.1, 0.15) is 24.0 Å². The third-order valence-corrected chi connectivity index (χ3v) is 6.25. The van der Waals surface area contributed by atoms with E-state index in [2.05, 4.69) is 16.0 Å². The molecular weight excluding hydrogens is 424 g/mol. The normalized spacial score (nSPS) is 17.3. The highest BCUT2D eigenvalue weighted by Gasteiger charge is 2.27. The number of urea groups is 1. The van der Waals surface area contributed by atoms with Gasteiger partial charge in [0.25, 0.3) is 0 Å². The molecule has 1 aromatic rings. The molecule has 2 fully saturated rings. The summed E-state index contributed by atoms with van der Waals surface area (Å²) in [6.45, 7) is 3.62. The smallest absolute Gasteiger partial charge is 0.317 e. The molecule has 180 valence electrons. The molecule has 0 saturated carbocycles. The number of rotatable bonds is 7. The Balaban J connectivity index is 1.49. The number of nitrogens with zero attached hydrogens (tertiary/aromatic N) is 3. The zero-order chi connectivity index (χ0) is 23.8. The largest absolute Gasteiger partial charge is 0.354 e. The van der Waals surface area contributed by atoms with Crippen molar-refractivity contribution in [2.24, 2.45) is 5.92 Å². The maximum Gasteiger partial charge on any atom is 0.317 e. The molecule has 2 aliphatic heterocycles. The van der Waals surface area contributed by atoms with E-state index in [1.54, 1.807) is 23.9 Å². The Labute approximate surface area is 194 Å². The maximum absolute atomic E-state index is 12.7. The van der Waals surface area contributed by atoms with E-state index in [0.29, 0.717) is 52.1 Å². The van der Waals surface area contributed by atoms with Crippen LogP contribution in [0, 0.1) is 5.92 Å². The van der Waals surface area contributed by atoms with Crippen molar-refractivity contribution in [3.8, 4) is 0 Å². The summed E-state index contributed by atoms with van der Waals surface area (Å²) in [7, 11) is 3.36. The van der Waals surface area contributed by atoms with Crippen molar-refractivity contribution < 1.29 is 19.2 Å². The first-order chi connectivity index (χ1) is 15.9. The quantitative estimate of drug-likeness (QED) is 0.521. The average Bonchev–Trinajstić information content (AvgIpc) is 2.82. The fourth-order valence-electron chi connectivity index (χ4n) is 4.20. The van der Waals surface area contributed by atoms with Crippen LogP contribution in [0.15, 0.2) is 24.3 Å². The van der Waals surface area contributed by atoms with E-state index in [9.17, 15) is 19.2 Å². The van der Waals surface area contributed by atoms with Gasteiger partial charge in [0.1, 0.15) is 0 Å². The van der Waals surface area contributed by atoms with Gasteiger partial charge in [-0.1, -0.05) is 24.3 Å². The molecule has 0 spiro atoms. The summed E-state index contributed by atoms with van der Waals surface area (Å²) in [5.41, 5.74) is 1.94. The minimum atomic E-state index is -0.107. The van der Waals surface area contributed by atoms with Crippen LogP contribution < -0.4 is 16.0 Å². The predicted octanol–water partition coefficient (Wildman–Crippen LogP) is -0.256. The number of hydrogen-bond donors (Lipinski definition) is 3. The van der Waals surface area contributed by atoms with Crippen LogP contribution in [0.25, 0.3) is 0 Å². The zero-order valence-corrected chi connectivity index (χ0v) is 19.4. The number of piperazine rings is 1. The minimum absolute atomic E-state index is 0.00540. The van der Waals surface area contributed by atoms with Gasteiger partial charge >= 0.3 is 6.03 Å². The molecule has 2 aliphatic rings. The number of likely N-dealkylation sites (N-methyl/N-ethyl adjacent to an activating group) is 1. The van der Waals surface area contributed by atoms with Crippen LogP contribution in [-0.4, -0.2) is 91.8 Å². The van der Waals surface area contributed by atoms with Crippen LogP contribution in [0.4, 0.5) is 4.79 Å². The molecule has 3 rings (SSSR count). The second-order valence-electron chi connectivity index (χ2n) is 8.61. The Kier molecular flexibility index (Phi) is 8.65. The summed E-state index contributed by atoms with van der Waals surface area (Å²) < 4.78 is 0. The number of hydrogen-bond acceptors (Lipinski definition) is 5. The maximum atomic E-state index is 12.7. The number of likely N-dealkylation sites (tertiary alicyclic amines) is 1. The Morgan fingerprint density at radius 2 is 1.82 bits per heavy atom. The third kappa shape index (κ3) is 6.92. The first-order valence-corrected chi connectivity index (χ1v) is 11.4. The molecule has 0 atom stereocenters. The van der Waals surface area contributed by atoms with E-state index in [4.69, 9.17) is 0 Å². The number of amides is 5. The first-order valence-electron chi connectivity index (χ1n) is 11.4. The molecule has 10 nitrogen and oxygen atoms in total. The number of benzene rings is 1. The van der Waals surface area contributed by atoms with Gasteiger partial charge in [0.05, 0.1) is 13.1 Å². The molecule has 0 aromatic heterocycles. The molecule has 10 heteroatoms.